The lowest BCUT2D eigenvalue weighted by molar-refractivity contribution is 0.102. The maximum Gasteiger partial charge on any atom is 0.263 e. The van der Waals surface area contributed by atoms with E-state index in [2.05, 4.69) is 33.4 Å². The van der Waals surface area contributed by atoms with Gasteiger partial charge in [0.2, 0.25) is 0 Å². The minimum atomic E-state index is -0.231. The third kappa shape index (κ3) is 5.65. The van der Waals surface area contributed by atoms with Crippen LogP contribution >= 0.6 is 0 Å². The summed E-state index contributed by atoms with van der Waals surface area (Å²) in [5, 5.41) is 0. The van der Waals surface area contributed by atoms with Gasteiger partial charge in [-0.3, -0.25) is 4.79 Å². The molecule has 0 unspecified atom stereocenters. The quantitative estimate of drug-likeness (QED) is 0.461. The van der Waals surface area contributed by atoms with Gasteiger partial charge in [-0.05, 0) is 12.8 Å². The lowest BCUT2D eigenvalue weighted by Gasteiger charge is -1.91. The second kappa shape index (κ2) is 9.72. The van der Waals surface area contributed by atoms with Crippen molar-refractivity contribution in [2.45, 2.75) is 39.0 Å². The molecule has 108 valence electrons. The van der Waals surface area contributed by atoms with E-state index < -0.39 is 0 Å². The summed E-state index contributed by atoms with van der Waals surface area (Å²) in [5.41, 5.74) is 0. The Morgan fingerprint density at radius 1 is 1.15 bits per heavy atom. The molecule has 0 atom stereocenters. The third-order valence-electron chi connectivity index (χ3n) is 2.69. The Labute approximate surface area is 119 Å². The Morgan fingerprint density at radius 2 is 1.75 bits per heavy atom. The lowest BCUT2D eigenvalue weighted by Crippen LogP contribution is -2.05. The number of hydrogen-bond donors (Lipinski definition) is 2. The summed E-state index contributed by atoms with van der Waals surface area (Å²) in [6.45, 7) is 5.89. The summed E-state index contributed by atoms with van der Waals surface area (Å²) in [6, 6.07) is 0. The van der Waals surface area contributed by atoms with E-state index in [1.165, 1.54) is 44.5 Å². The first kappa shape index (κ1) is 15.9. The molecule has 0 bridgehead atoms. The van der Waals surface area contributed by atoms with E-state index in [-0.39, 0.29) is 5.78 Å². The zero-order valence-corrected chi connectivity index (χ0v) is 11.9. The van der Waals surface area contributed by atoms with Crippen LogP contribution in [0.2, 0.25) is 0 Å². The molecule has 2 aromatic heterocycles. The SMILES string of the molecule is C=CCCCCCC.O=C(c1ncc[nH]1)c1ncc[nH]1. The van der Waals surface area contributed by atoms with Crippen molar-refractivity contribution >= 4 is 5.78 Å². The Kier molecular flexibility index (Phi) is 7.72. The first-order valence-electron chi connectivity index (χ1n) is 6.94. The van der Waals surface area contributed by atoms with E-state index in [1.54, 1.807) is 12.4 Å². The number of carbonyl (C=O) groups excluding carboxylic acids is 1. The maximum atomic E-state index is 11.4. The fourth-order valence-corrected chi connectivity index (χ4v) is 1.61. The van der Waals surface area contributed by atoms with Crippen molar-refractivity contribution in [3.8, 4) is 0 Å². The third-order valence-corrected chi connectivity index (χ3v) is 2.69. The highest BCUT2D eigenvalue weighted by Gasteiger charge is 2.12. The summed E-state index contributed by atoms with van der Waals surface area (Å²) in [5.74, 6) is 0.361. The van der Waals surface area contributed by atoms with Gasteiger partial charge in [0.05, 0.1) is 0 Å². The molecule has 0 amide bonds. The molecular weight excluding hydrogens is 252 g/mol. The highest BCUT2D eigenvalue weighted by atomic mass is 16.1. The Hall–Kier alpha value is -2.17. The van der Waals surface area contributed by atoms with Crippen molar-refractivity contribution in [1.29, 1.82) is 0 Å². The number of imidazole rings is 2. The number of aromatic nitrogens is 4. The molecule has 0 aliphatic carbocycles. The number of hydrogen-bond acceptors (Lipinski definition) is 3. The summed E-state index contributed by atoms with van der Waals surface area (Å²) in [4.78, 5) is 24.4. The monoisotopic (exact) mass is 274 g/mol. The van der Waals surface area contributed by atoms with Crippen LogP contribution in [0.5, 0.6) is 0 Å². The number of rotatable bonds is 7. The van der Waals surface area contributed by atoms with Gasteiger partial charge < -0.3 is 9.97 Å². The van der Waals surface area contributed by atoms with Crippen molar-refractivity contribution in [3.05, 3.63) is 49.1 Å². The van der Waals surface area contributed by atoms with Gasteiger partial charge in [0.1, 0.15) is 0 Å². The number of ketones is 1. The number of H-pyrrole nitrogens is 2. The molecule has 0 radical (unpaired) electrons. The first-order valence-corrected chi connectivity index (χ1v) is 6.94. The molecule has 0 saturated heterocycles. The molecule has 0 fully saturated rings. The second-order valence-electron chi connectivity index (χ2n) is 4.34. The maximum absolute atomic E-state index is 11.4. The fourth-order valence-electron chi connectivity index (χ4n) is 1.61. The number of carbonyl (C=O) groups is 1. The fraction of sp³-hybridized carbons (Fsp3) is 0.400. The topological polar surface area (TPSA) is 74.4 Å². The van der Waals surface area contributed by atoms with E-state index >= 15 is 0 Å². The normalized spacial score (nSPS) is 9.65. The van der Waals surface area contributed by atoms with Gasteiger partial charge in [-0.25, -0.2) is 9.97 Å². The molecular formula is C15H22N4O. The van der Waals surface area contributed by atoms with E-state index in [9.17, 15) is 4.79 Å². The molecule has 2 aromatic rings. The summed E-state index contributed by atoms with van der Waals surface area (Å²) in [6.07, 6.45) is 14.8. The van der Waals surface area contributed by atoms with Crippen molar-refractivity contribution in [2.24, 2.45) is 0 Å². The van der Waals surface area contributed by atoms with Crippen molar-refractivity contribution < 1.29 is 4.79 Å². The number of nitrogens with zero attached hydrogens (tertiary/aromatic N) is 2. The average molecular weight is 274 g/mol. The minimum absolute atomic E-state index is 0.231. The predicted molar refractivity (Wildman–Crippen MR) is 79.6 cm³/mol. The van der Waals surface area contributed by atoms with E-state index in [4.69, 9.17) is 0 Å². The van der Waals surface area contributed by atoms with Gasteiger partial charge >= 0.3 is 0 Å². The minimum Gasteiger partial charge on any atom is -0.342 e. The Balaban J connectivity index is 0.000000221. The van der Waals surface area contributed by atoms with Crippen LogP contribution in [-0.2, 0) is 0 Å². The molecule has 0 saturated carbocycles. The molecule has 2 N–H and O–H groups in total. The van der Waals surface area contributed by atoms with Gasteiger partial charge in [-0.2, -0.15) is 0 Å². The largest absolute Gasteiger partial charge is 0.342 e. The first-order chi connectivity index (χ1) is 9.79. The predicted octanol–water partition coefficient (Wildman–Crippen LogP) is 3.51. The Bertz CT molecular complexity index is 438. The van der Waals surface area contributed by atoms with Crippen LogP contribution < -0.4 is 0 Å². The highest BCUT2D eigenvalue weighted by molar-refractivity contribution is 6.03. The number of aromatic amines is 2. The molecule has 20 heavy (non-hydrogen) atoms. The van der Waals surface area contributed by atoms with Crippen LogP contribution in [0.1, 0.15) is 55.5 Å². The van der Waals surface area contributed by atoms with Crippen LogP contribution in [0.25, 0.3) is 0 Å². The molecule has 0 aromatic carbocycles. The van der Waals surface area contributed by atoms with Crippen molar-refractivity contribution in [1.82, 2.24) is 19.9 Å². The molecule has 0 aliphatic heterocycles. The van der Waals surface area contributed by atoms with Gasteiger partial charge in [0.15, 0.2) is 11.6 Å². The zero-order chi connectivity index (χ0) is 14.6. The average Bonchev–Trinajstić information content (AvgIpc) is 3.16. The molecule has 2 heterocycles. The van der Waals surface area contributed by atoms with Crippen molar-refractivity contribution in [2.75, 3.05) is 0 Å². The van der Waals surface area contributed by atoms with Gasteiger partial charge in [-0.15, -0.1) is 6.58 Å². The number of allylic oxidation sites excluding steroid dienone is 1. The molecule has 5 heteroatoms. The standard InChI is InChI=1S/C8H16.C7H6N4O/c1-3-5-7-8-6-4-2;12-5(6-8-1-2-9-6)7-10-3-4-11-7/h3H,1,4-8H2,2H3;1-4H,(H,8,9)(H,10,11). The van der Waals surface area contributed by atoms with E-state index in [0.29, 0.717) is 11.6 Å². The summed E-state index contributed by atoms with van der Waals surface area (Å²) >= 11 is 0. The second-order valence-corrected chi connectivity index (χ2v) is 4.34. The molecule has 0 spiro atoms. The number of unbranched alkanes of at least 4 members (excludes halogenated alkanes) is 4. The van der Waals surface area contributed by atoms with Crippen LogP contribution in [0.15, 0.2) is 37.4 Å². The zero-order valence-electron chi connectivity index (χ0n) is 11.9. The van der Waals surface area contributed by atoms with E-state index in [1.807, 2.05) is 6.08 Å². The lowest BCUT2D eigenvalue weighted by atomic mass is 10.2. The Morgan fingerprint density at radius 3 is 2.15 bits per heavy atom. The smallest absolute Gasteiger partial charge is 0.263 e. The van der Waals surface area contributed by atoms with Gasteiger partial charge in [-0.1, -0.05) is 32.3 Å². The number of nitrogens with one attached hydrogen (secondary N) is 2. The summed E-state index contributed by atoms with van der Waals surface area (Å²) in [7, 11) is 0. The van der Waals surface area contributed by atoms with Crippen LogP contribution in [0.4, 0.5) is 0 Å². The molecule has 0 aliphatic rings. The summed E-state index contributed by atoms with van der Waals surface area (Å²) < 4.78 is 0. The highest BCUT2D eigenvalue weighted by Crippen LogP contribution is 2.01. The van der Waals surface area contributed by atoms with E-state index in [0.717, 1.165) is 0 Å². The van der Waals surface area contributed by atoms with Crippen molar-refractivity contribution in [3.63, 3.8) is 0 Å². The van der Waals surface area contributed by atoms with Crippen LogP contribution in [0, 0.1) is 0 Å². The van der Waals surface area contributed by atoms with Crippen LogP contribution in [-0.4, -0.2) is 25.7 Å². The molecule has 2 rings (SSSR count). The van der Waals surface area contributed by atoms with Crippen LogP contribution in [0.3, 0.4) is 0 Å². The van der Waals surface area contributed by atoms with Gasteiger partial charge in [0, 0.05) is 24.8 Å². The van der Waals surface area contributed by atoms with Gasteiger partial charge in [0.25, 0.3) is 5.78 Å². The molecule has 5 nitrogen and oxygen atoms in total.